The van der Waals surface area contributed by atoms with E-state index in [4.69, 9.17) is 17.7 Å². The van der Waals surface area contributed by atoms with Gasteiger partial charge in [-0.15, -0.1) is 0 Å². The Morgan fingerprint density at radius 1 is 0.120 bits per heavy atom. The van der Waals surface area contributed by atoms with Crippen LogP contribution in [0.3, 0.4) is 0 Å². The first-order valence-corrected chi connectivity index (χ1v) is 50.9. The monoisotopic (exact) mass is 1920 g/mol. The first kappa shape index (κ1) is 90.0. The molecular weight excluding hydrogens is 1830 g/mol. The molecule has 0 bridgehead atoms. The molecule has 0 spiro atoms. The average molecular weight is 1920 g/mol. The molecule has 4 heterocycles. The summed E-state index contributed by atoms with van der Waals surface area (Å²) in [4.78, 5) is 9.21. The fraction of sp³-hybridized carbons (Fsp3) is 0. The summed E-state index contributed by atoms with van der Waals surface area (Å²) >= 11 is 0. The van der Waals surface area contributed by atoms with Crippen LogP contribution in [0.25, 0.3) is 186 Å². The molecule has 708 valence electrons. The predicted octanol–water partition coefficient (Wildman–Crippen LogP) is 41.2. The number of nitrogens with zero attached hydrogens (tertiary/aromatic N) is 4. The normalized spacial score (nSPS) is 11.3. The van der Waals surface area contributed by atoms with Gasteiger partial charge in [0.2, 0.25) is 0 Å². The van der Waals surface area contributed by atoms with E-state index in [0.717, 1.165) is 156 Å². The van der Waals surface area contributed by atoms with Gasteiger partial charge in [0.25, 0.3) is 0 Å². The van der Waals surface area contributed by atoms with E-state index in [1.54, 1.807) is 0 Å². The lowest BCUT2D eigenvalue weighted by atomic mass is 10.0. The Morgan fingerprint density at radius 2 is 0.327 bits per heavy atom. The molecule has 0 atom stereocenters. The van der Waals surface area contributed by atoms with Crippen LogP contribution in [0.2, 0.25) is 0 Å². The zero-order chi connectivity index (χ0) is 99.6. The summed E-state index contributed by atoms with van der Waals surface area (Å²) in [6, 6.07) is 204. The highest BCUT2D eigenvalue weighted by Gasteiger charge is 2.28. The van der Waals surface area contributed by atoms with Crippen LogP contribution in [0.15, 0.2) is 600 Å². The maximum Gasteiger partial charge on any atom is 0.159 e. The molecule has 8 nitrogen and oxygen atoms in total. The Balaban J connectivity index is 0.000000101. The first-order valence-electron chi connectivity index (χ1n) is 50.9. The predicted molar refractivity (Wildman–Crippen MR) is 631 cm³/mol. The summed E-state index contributed by atoms with van der Waals surface area (Å²) in [6.07, 6.45) is 0. The second-order valence-corrected chi connectivity index (χ2v) is 37.6. The molecule has 4 aromatic heterocycles. The minimum absolute atomic E-state index is 0.874. The molecule has 0 aliphatic heterocycles. The highest BCUT2D eigenvalue weighted by atomic mass is 16.3. The smallest absolute Gasteiger partial charge is 0.159 e. The van der Waals surface area contributed by atoms with E-state index >= 15 is 0 Å². The molecule has 0 fully saturated rings. The van der Waals surface area contributed by atoms with Crippen molar-refractivity contribution in [3.05, 3.63) is 582 Å². The quantitative estimate of drug-likeness (QED) is 0.0894. The summed E-state index contributed by atoms with van der Waals surface area (Å²) in [7, 11) is 0. The van der Waals surface area contributed by atoms with Gasteiger partial charge in [0.15, 0.2) is 22.3 Å². The van der Waals surface area contributed by atoms with Crippen LogP contribution >= 0.6 is 0 Å². The summed E-state index contributed by atoms with van der Waals surface area (Å²) in [5.41, 5.74) is 31.7. The summed E-state index contributed by atoms with van der Waals surface area (Å²) in [6.45, 7) is 0. The number of hydrogen-bond donors (Lipinski definition) is 0. The van der Waals surface area contributed by atoms with Crippen molar-refractivity contribution < 1.29 is 17.7 Å². The Labute approximate surface area is 868 Å². The number of para-hydroxylation sites is 8. The number of rotatable bonds is 17. The molecule has 0 radical (unpaired) electrons. The molecule has 0 saturated heterocycles. The highest BCUT2D eigenvalue weighted by Crippen LogP contribution is 2.52. The third-order valence-electron chi connectivity index (χ3n) is 28.6. The van der Waals surface area contributed by atoms with Gasteiger partial charge in [-0.05, 0) is 233 Å². The van der Waals surface area contributed by atoms with Crippen molar-refractivity contribution in [3.8, 4) is 55.6 Å². The molecule has 29 aromatic rings. The van der Waals surface area contributed by atoms with Gasteiger partial charge in [-0.2, -0.15) is 0 Å². The Morgan fingerprint density at radius 3 is 0.653 bits per heavy atom. The number of furan rings is 4. The van der Waals surface area contributed by atoms with E-state index in [0.29, 0.717) is 0 Å². The Hall–Kier alpha value is -20.1. The molecule has 0 N–H and O–H groups in total. The minimum Gasteiger partial charge on any atom is -0.454 e. The van der Waals surface area contributed by atoms with E-state index in [1.165, 1.54) is 98.7 Å². The summed E-state index contributed by atoms with van der Waals surface area (Å²) in [5, 5.41) is 18.8. The first-order chi connectivity index (χ1) is 74.4. The summed E-state index contributed by atoms with van der Waals surface area (Å²) < 4.78 is 26.5. The van der Waals surface area contributed by atoms with Gasteiger partial charge < -0.3 is 37.3 Å². The minimum atomic E-state index is 0.874. The van der Waals surface area contributed by atoms with Crippen LogP contribution < -0.4 is 19.6 Å². The molecule has 0 aliphatic carbocycles. The van der Waals surface area contributed by atoms with Gasteiger partial charge in [-0.1, -0.05) is 443 Å². The largest absolute Gasteiger partial charge is 0.454 e. The second kappa shape index (κ2) is 39.9. The van der Waals surface area contributed by atoms with Crippen molar-refractivity contribution in [2.24, 2.45) is 0 Å². The number of anilines is 12. The molecule has 0 amide bonds. The lowest BCUT2D eigenvalue weighted by Crippen LogP contribution is -2.11. The molecule has 0 aliphatic rings. The zero-order valence-corrected chi connectivity index (χ0v) is 81.8. The fourth-order valence-corrected chi connectivity index (χ4v) is 21.7. The van der Waals surface area contributed by atoms with Crippen molar-refractivity contribution in [1.29, 1.82) is 0 Å². The van der Waals surface area contributed by atoms with Crippen LogP contribution in [-0.4, -0.2) is 0 Å². The van der Waals surface area contributed by atoms with Gasteiger partial charge >= 0.3 is 0 Å². The summed E-state index contributed by atoms with van der Waals surface area (Å²) in [5.74, 6) is 0. The molecule has 29 rings (SSSR count). The second-order valence-electron chi connectivity index (χ2n) is 37.6. The van der Waals surface area contributed by atoms with Crippen molar-refractivity contribution in [2.45, 2.75) is 0 Å². The van der Waals surface area contributed by atoms with Crippen molar-refractivity contribution in [3.63, 3.8) is 0 Å². The molecule has 150 heavy (non-hydrogen) atoms. The SMILES string of the molecule is c1ccc(-c2ccc(N(c3ccccc3)c3cccc4c3oc3ccc5ccccc5c34)cc2)cc1.c1ccc(-c2cccc(N(c3cccc(-c4ccccc4)c3)c3cccc4c3oc3ccc5ccccc5c34)c2)cc1.c1ccc(-c2cccc(N(c3ccccc3)c3cccc4c3oc3ccc5ccccc5c34)c2)cc1.c1ccc(-c2ccccc2N(c2ccccc2)c2cccc3c2oc2ccc4ccccc4c23)cc1. The van der Waals surface area contributed by atoms with Crippen LogP contribution in [0.4, 0.5) is 68.2 Å². The third kappa shape index (κ3) is 17.1. The van der Waals surface area contributed by atoms with Crippen LogP contribution in [-0.2, 0) is 0 Å². The maximum absolute atomic E-state index is 6.70. The molecular formula is C142H96N4O4. The number of benzene rings is 25. The van der Waals surface area contributed by atoms with Crippen molar-refractivity contribution in [2.75, 3.05) is 19.6 Å². The fourth-order valence-electron chi connectivity index (χ4n) is 21.7. The standard InChI is InChI=1S/C40H27NO.3C34H23NO/c1-3-12-28(13-4-1)31-17-9-19-33(26-31)41(34-20-10-18-32(27-34)29-14-5-2-6-15-29)37-23-11-22-36-39-35-21-8-7-16-30(35)24-25-38(39)42-40(36)37;1-3-11-24(12-4-1)26-14-9-17-28(23-26)35(27-15-5-2-6-16-27)31-20-10-19-30-33-29-18-8-7-13-25(29)21-22-32(33)36-34(30)31;1-3-12-24(13-4-1)27-17-9-10-20-30(27)35(26-15-5-2-6-16-26)31-21-11-19-29-33-28-18-8-7-14-25(28)22-23-32(33)36-34(29)31;1-3-10-24(11-4-1)25-18-21-28(22-19-25)35(27-13-5-2-6-14-27)31-17-9-16-30-33-29-15-8-7-12-26(29)20-23-32(33)36-34(30)31/h1-27H;3*1-23H. The lowest BCUT2D eigenvalue weighted by molar-refractivity contribution is 0.669. The van der Waals surface area contributed by atoms with Crippen LogP contribution in [0.1, 0.15) is 0 Å². The van der Waals surface area contributed by atoms with Crippen molar-refractivity contribution >= 4 is 199 Å². The number of hydrogen-bond acceptors (Lipinski definition) is 8. The van der Waals surface area contributed by atoms with Gasteiger partial charge in [-0.3, -0.25) is 0 Å². The van der Waals surface area contributed by atoms with E-state index in [9.17, 15) is 0 Å². The van der Waals surface area contributed by atoms with E-state index < -0.39 is 0 Å². The molecule has 0 saturated carbocycles. The van der Waals surface area contributed by atoms with Crippen LogP contribution in [0.5, 0.6) is 0 Å². The van der Waals surface area contributed by atoms with E-state index in [1.807, 2.05) is 12.1 Å². The number of fused-ring (bicyclic) bond motifs is 20. The molecule has 0 unspecified atom stereocenters. The third-order valence-corrected chi connectivity index (χ3v) is 28.6. The highest BCUT2D eigenvalue weighted by molar-refractivity contribution is 6.25. The van der Waals surface area contributed by atoms with Gasteiger partial charge in [0.05, 0.1) is 28.4 Å². The average Bonchev–Trinajstić information content (AvgIpc) is 1.68. The topological polar surface area (TPSA) is 65.5 Å². The maximum atomic E-state index is 6.70. The van der Waals surface area contributed by atoms with Crippen LogP contribution in [0, 0.1) is 0 Å². The molecule has 25 aromatic carbocycles. The van der Waals surface area contributed by atoms with E-state index in [2.05, 4.69) is 590 Å². The van der Waals surface area contributed by atoms with Crippen molar-refractivity contribution in [1.82, 2.24) is 0 Å². The van der Waals surface area contributed by atoms with E-state index in [-0.39, 0.29) is 0 Å². The zero-order valence-electron chi connectivity index (χ0n) is 81.8. The van der Waals surface area contributed by atoms with Gasteiger partial charge in [0, 0.05) is 88.5 Å². The lowest BCUT2D eigenvalue weighted by Gasteiger charge is -2.27. The molecule has 8 heteroatoms. The van der Waals surface area contributed by atoms with Gasteiger partial charge in [-0.25, -0.2) is 0 Å². The Kier molecular flexibility index (Phi) is 23.9. The Bertz CT molecular complexity index is 9890. The van der Waals surface area contributed by atoms with Gasteiger partial charge in [0.1, 0.15) is 22.3 Å².